The number of methoxy groups -OCH3 is 6. The summed E-state index contributed by atoms with van der Waals surface area (Å²) in [5, 5.41) is 19.5. The lowest BCUT2D eigenvalue weighted by Gasteiger charge is -2.22. The normalized spacial score (nSPS) is 15.0. The summed E-state index contributed by atoms with van der Waals surface area (Å²) in [6, 6.07) is 6.82. The highest BCUT2D eigenvalue weighted by Gasteiger charge is 2.32. The molecule has 0 bridgehead atoms. The zero-order chi connectivity index (χ0) is 51.9. The molecule has 7 N–H and O–H groups in total. The Balaban J connectivity index is 0.000000172. The molecule has 6 aromatic heterocycles. The van der Waals surface area contributed by atoms with Crippen molar-refractivity contribution in [2.75, 3.05) is 71.3 Å². The Kier molecular flexibility index (Phi) is 15.4. The summed E-state index contributed by atoms with van der Waals surface area (Å²) in [4.78, 5) is 50.9. The van der Waals surface area contributed by atoms with E-state index in [1.807, 2.05) is 44.5 Å². The molecule has 26 nitrogen and oxygen atoms in total. The average Bonchev–Trinajstić information content (AvgIpc) is 4.27. The van der Waals surface area contributed by atoms with Crippen molar-refractivity contribution in [3.63, 3.8) is 0 Å². The van der Waals surface area contributed by atoms with Crippen LogP contribution in [0.15, 0.2) is 61.7 Å². The van der Waals surface area contributed by atoms with Gasteiger partial charge in [-0.25, -0.2) is 9.97 Å². The fourth-order valence-electron chi connectivity index (χ4n) is 8.29. The molecule has 0 saturated carbocycles. The van der Waals surface area contributed by atoms with Gasteiger partial charge in [-0.2, -0.15) is 30.1 Å². The van der Waals surface area contributed by atoms with Crippen molar-refractivity contribution < 1.29 is 38.0 Å². The first-order valence-electron chi connectivity index (χ1n) is 22.6. The molecule has 0 radical (unpaired) electrons. The zero-order valence-corrected chi connectivity index (χ0v) is 42.0. The van der Waals surface area contributed by atoms with Crippen LogP contribution in [0.4, 0.5) is 29.2 Å². The number of carbonyl (C=O) groups is 2. The molecule has 2 atom stereocenters. The molecule has 73 heavy (non-hydrogen) atoms. The number of nitrogens with two attached hydrogens (primary N) is 2. The van der Waals surface area contributed by atoms with Crippen LogP contribution in [0.1, 0.15) is 25.7 Å². The fourth-order valence-corrected chi connectivity index (χ4v) is 8.45. The Bertz CT molecular complexity index is 3210. The number of aryl methyl sites for hydroxylation is 2. The van der Waals surface area contributed by atoms with Crippen molar-refractivity contribution in [1.82, 2.24) is 63.9 Å². The van der Waals surface area contributed by atoms with Crippen LogP contribution in [0, 0.1) is 0 Å². The van der Waals surface area contributed by atoms with Crippen LogP contribution >= 0.6 is 11.6 Å². The molecule has 27 heteroatoms. The van der Waals surface area contributed by atoms with Crippen LogP contribution in [-0.4, -0.2) is 138 Å². The summed E-state index contributed by atoms with van der Waals surface area (Å²) in [6.45, 7) is 1.58. The molecule has 0 spiro atoms. The van der Waals surface area contributed by atoms with Crippen LogP contribution in [0.25, 0.3) is 33.4 Å². The standard InChI is InChI=1S/C23H27N9O4.C18H18ClN7O3.C5H10N2O/c1-30-22-14(10-26-30)21(28-23(29-22)32-7-5-6-15(32)20(24)33)27-18-11-31(12-25-18)13-8-16(34-2)19(36-4)17(9-13)35-3;1-25-17-11(7-21-25)16(23-18(19)24-17)22-14-8-26(9-20-14)10-5-12(27-2)15(29-4)13(6-10)28-3;6-5(8)4-2-1-3-7-4/h8-12,15H,5-7H2,1-4H3,(H2,24,33)(H,27,28,29);5-9H,1-4H3,(H,22,23,24);4,7H,1-3H2,(H2,6,8)/t15-;;4-/m0.0/s1. The van der Waals surface area contributed by atoms with Crippen molar-refractivity contribution in [3.05, 3.63) is 67.0 Å². The maximum Gasteiger partial charge on any atom is 0.240 e. The largest absolute Gasteiger partial charge is 0.493 e. The quantitative estimate of drug-likeness (QED) is 0.0908. The van der Waals surface area contributed by atoms with Crippen molar-refractivity contribution in [1.29, 1.82) is 0 Å². The number of ether oxygens (including phenoxy) is 6. The molecule has 384 valence electrons. The van der Waals surface area contributed by atoms with Gasteiger partial charge in [-0.15, -0.1) is 0 Å². The van der Waals surface area contributed by atoms with Gasteiger partial charge in [-0.1, -0.05) is 0 Å². The molecule has 2 saturated heterocycles. The van der Waals surface area contributed by atoms with E-state index in [0.29, 0.717) is 88.0 Å². The Morgan fingerprint density at radius 1 is 0.658 bits per heavy atom. The summed E-state index contributed by atoms with van der Waals surface area (Å²) in [5.41, 5.74) is 13.4. The molecule has 0 unspecified atom stereocenters. The lowest BCUT2D eigenvalue weighted by Crippen LogP contribution is -2.41. The van der Waals surface area contributed by atoms with E-state index >= 15 is 0 Å². The van der Waals surface area contributed by atoms with E-state index in [2.05, 4.69) is 51.1 Å². The maximum atomic E-state index is 12.0. The van der Waals surface area contributed by atoms with E-state index in [4.69, 9.17) is 56.5 Å². The van der Waals surface area contributed by atoms with Crippen molar-refractivity contribution in [2.45, 2.75) is 37.8 Å². The smallest absolute Gasteiger partial charge is 0.240 e. The molecule has 2 fully saturated rings. The molecule has 8 aromatic rings. The van der Waals surface area contributed by atoms with Crippen LogP contribution in [0.2, 0.25) is 5.28 Å². The monoisotopic (exact) mass is 1020 g/mol. The minimum absolute atomic E-state index is 0.0463. The van der Waals surface area contributed by atoms with Gasteiger partial charge in [0, 0.05) is 44.9 Å². The van der Waals surface area contributed by atoms with Crippen LogP contribution in [0.5, 0.6) is 34.5 Å². The number of fused-ring (bicyclic) bond motifs is 2. The summed E-state index contributed by atoms with van der Waals surface area (Å²) in [7, 11) is 13.0. The van der Waals surface area contributed by atoms with Crippen molar-refractivity contribution in [3.8, 4) is 45.9 Å². The van der Waals surface area contributed by atoms with Crippen LogP contribution < -0.4 is 60.7 Å². The molecule has 2 amide bonds. The topological polar surface area (TPSA) is 304 Å². The van der Waals surface area contributed by atoms with Crippen molar-refractivity contribution >= 4 is 74.7 Å². The Labute approximate surface area is 422 Å². The minimum Gasteiger partial charge on any atom is -0.493 e. The number of primary amides is 2. The van der Waals surface area contributed by atoms with E-state index in [9.17, 15) is 9.59 Å². The number of carbonyl (C=O) groups excluding carboxylic acids is 2. The maximum absolute atomic E-state index is 12.0. The molecule has 2 aliphatic heterocycles. The third-order valence-corrected chi connectivity index (χ3v) is 12.1. The highest BCUT2D eigenvalue weighted by Crippen LogP contribution is 2.41. The first-order valence-corrected chi connectivity index (χ1v) is 23.0. The SMILES string of the molecule is COc1cc(-n2cnc(Nc3nc(Cl)nc4c3cnn4C)c2)cc(OC)c1OC.COc1cc(-n2cnc(Nc3nc(N4CCC[C@H]4C(N)=O)nc4c3cnn4C)c2)cc(OC)c1OC.NC(=O)[C@@H]1CCCN1. The second-order valence-corrected chi connectivity index (χ2v) is 16.7. The Hall–Kier alpha value is -8.65. The molecular formula is C46H55ClN18O8. The van der Waals surface area contributed by atoms with E-state index in [1.54, 1.807) is 97.4 Å². The summed E-state index contributed by atoms with van der Waals surface area (Å²) < 4.78 is 39.4. The number of anilines is 5. The predicted octanol–water partition coefficient (Wildman–Crippen LogP) is 3.97. The molecule has 8 heterocycles. The second kappa shape index (κ2) is 22.2. The lowest BCUT2D eigenvalue weighted by molar-refractivity contribution is -0.120. The van der Waals surface area contributed by atoms with Gasteiger partial charge in [-0.05, 0) is 43.8 Å². The molecule has 0 aliphatic carbocycles. The summed E-state index contributed by atoms with van der Waals surface area (Å²) >= 11 is 6.05. The number of hydrogen-bond acceptors (Lipinski definition) is 20. The van der Waals surface area contributed by atoms with Crippen LogP contribution in [0.3, 0.4) is 0 Å². The Morgan fingerprint density at radius 2 is 1.15 bits per heavy atom. The minimum atomic E-state index is -0.442. The second-order valence-electron chi connectivity index (χ2n) is 16.4. The number of benzene rings is 2. The van der Waals surface area contributed by atoms with Crippen LogP contribution in [-0.2, 0) is 23.7 Å². The van der Waals surface area contributed by atoms with E-state index in [-0.39, 0.29) is 23.1 Å². The Morgan fingerprint density at radius 3 is 1.58 bits per heavy atom. The van der Waals surface area contributed by atoms with Gasteiger partial charge in [-0.3, -0.25) is 19.0 Å². The number of nitrogens with one attached hydrogen (secondary N) is 3. The van der Waals surface area contributed by atoms with E-state index in [1.165, 1.54) is 0 Å². The van der Waals surface area contributed by atoms with Gasteiger partial charge in [0.25, 0.3) is 0 Å². The first-order chi connectivity index (χ1) is 35.3. The number of rotatable bonds is 15. The molecule has 2 aliphatic rings. The third kappa shape index (κ3) is 10.8. The van der Waals surface area contributed by atoms with E-state index in [0.717, 1.165) is 48.0 Å². The van der Waals surface area contributed by atoms with Crippen molar-refractivity contribution in [2.24, 2.45) is 25.6 Å². The lowest BCUT2D eigenvalue weighted by atomic mass is 10.2. The third-order valence-electron chi connectivity index (χ3n) is 11.9. The van der Waals surface area contributed by atoms with Gasteiger partial charge >= 0.3 is 0 Å². The van der Waals surface area contributed by atoms with Gasteiger partial charge in [0.15, 0.2) is 34.3 Å². The van der Waals surface area contributed by atoms with Gasteiger partial charge < -0.3 is 69.9 Å². The number of aromatic nitrogens is 12. The first kappa shape index (κ1) is 50.7. The van der Waals surface area contributed by atoms with Gasteiger partial charge in [0.2, 0.25) is 34.5 Å². The number of halogens is 1. The fraction of sp³-hybridized carbons (Fsp3) is 0.348. The van der Waals surface area contributed by atoms with Gasteiger partial charge in [0.1, 0.15) is 42.0 Å². The summed E-state index contributed by atoms with van der Waals surface area (Å²) in [5.74, 6) is 5.14. The summed E-state index contributed by atoms with van der Waals surface area (Å²) in [6.07, 6.45) is 13.8. The van der Waals surface area contributed by atoms with E-state index < -0.39 is 6.04 Å². The molecule has 2 aromatic carbocycles. The zero-order valence-electron chi connectivity index (χ0n) is 41.3. The number of imidazole rings is 2. The van der Waals surface area contributed by atoms with Gasteiger partial charge in [0.05, 0.1) is 95.6 Å². The predicted molar refractivity (Wildman–Crippen MR) is 270 cm³/mol. The number of nitrogens with zero attached hydrogens (tertiary/aromatic N) is 13. The highest BCUT2D eigenvalue weighted by molar-refractivity contribution is 6.28. The number of amides is 2. The molecular weight excluding hydrogens is 968 g/mol. The highest BCUT2D eigenvalue weighted by atomic mass is 35.5. The number of hydrogen-bond donors (Lipinski definition) is 5. The average molecular weight is 1020 g/mol. The molecule has 10 rings (SSSR count).